The van der Waals surface area contributed by atoms with Gasteiger partial charge in [-0.1, -0.05) is 0 Å². The second kappa shape index (κ2) is 5.66. The quantitative estimate of drug-likeness (QED) is 0.613. The third kappa shape index (κ3) is 3.54. The summed E-state index contributed by atoms with van der Waals surface area (Å²) in [5, 5.41) is 10.3. The molecule has 1 heterocycles. The first kappa shape index (κ1) is 13.8. The fourth-order valence-corrected chi connectivity index (χ4v) is 0.828. The van der Waals surface area contributed by atoms with Crippen molar-refractivity contribution >= 4 is 35.9 Å². The largest absolute Gasteiger partial charge is 0.474 e. The molecule has 1 aromatic rings. The minimum atomic E-state index is -1.63. The van der Waals surface area contributed by atoms with Gasteiger partial charge in [-0.25, -0.2) is 4.79 Å². The molecule has 2 amide bonds. The van der Waals surface area contributed by atoms with E-state index in [-0.39, 0.29) is 23.7 Å². The van der Waals surface area contributed by atoms with Crippen LogP contribution in [0.3, 0.4) is 0 Å². The SMILES string of the molecule is Cl.NC(=O)c1cncc(NC(=O)C(=O)O)c1. The zero-order valence-electron chi connectivity index (χ0n) is 7.84. The van der Waals surface area contributed by atoms with Gasteiger partial charge in [0.1, 0.15) is 0 Å². The van der Waals surface area contributed by atoms with Crippen molar-refractivity contribution in [2.45, 2.75) is 0 Å². The van der Waals surface area contributed by atoms with Gasteiger partial charge in [0.2, 0.25) is 5.91 Å². The number of amides is 2. The molecule has 0 bridgehead atoms. The van der Waals surface area contributed by atoms with Crippen LogP contribution in [0.2, 0.25) is 0 Å². The van der Waals surface area contributed by atoms with E-state index in [1.165, 1.54) is 18.5 Å². The number of anilines is 1. The normalized spacial score (nSPS) is 8.75. The Morgan fingerprint density at radius 3 is 2.44 bits per heavy atom. The van der Waals surface area contributed by atoms with Gasteiger partial charge in [-0.3, -0.25) is 14.6 Å². The van der Waals surface area contributed by atoms with Gasteiger partial charge in [0.15, 0.2) is 0 Å². The molecule has 16 heavy (non-hydrogen) atoms. The first-order valence-electron chi connectivity index (χ1n) is 3.80. The molecule has 0 saturated heterocycles. The smallest absolute Gasteiger partial charge is 0.394 e. The van der Waals surface area contributed by atoms with Crippen LogP contribution < -0.4 is 11.1 Å². The van der Waals surface area contributed by atoms with E-state index in [4.69, 9.17) is 10.8 Å². The van der Waals surface area contributed by atoms with E-state index in [2.05, 4.69) is 4.98 Å². The number of halogens is 1. The van der Waals surface area contributed by atoms with Crippen LogP contribution in [-0.4, -0.2) is 27.9 Å². The second-order valence-electron chi connectivity index (χ2n) is 2.59. The number of nitrogens with zero attached hydrogens (tertiary/aromatic N) is 1. The Hall–Kier alpha value is -2.15. The lowest BCUT2D eigenvalue weighted by Gasteiger charge is -2.02. The highest BCUT2D eigenvalue weighted by molar-refractivity contribution is 6.36. The van der Waals surface area contributed by atoms with Crippen LogP contribution in [0.5, 0.6) is 0 Å². The first-order valence-corrected chi connectivity index (χ1v) is 3.80. The van der Waals surface area contributed by atoms with E-state index < -0.39 is 17.8 Å². The number of aromatic nitrogens is 1. The van der Waals surface area contributed by atoms with E-state index in [0.29, 0.717) is 0 Å². The summed E-state index contributed by atoms with van der Waals surface area (Å²) in [6, 6.07) is 1.23. The number of carboxylic acid groups (broad SMARTS) is 1. The van der Waals surface area contributed by atoms with Gasteiger partial charge in [-0.15, -0.1) is 12.4 Å². The Balaban J connectivity index is 0.00000225. The molecule has 0 spiro atoms. The summed E-state index contributed by atoms with van der Waals surface area (Å²) in [6.45, 7) is 0. The molecule has 0 unspecified atom stereocenters. The summed E-state index contributed by atoms with van der Waals surface area (Å²) < 4.78 is 0. The average Bonchev–Trinajstić information content (AvgIpc) is 2.18. The molecule has 0 radical (unpaired) electrons. The highest BCUT2D eigenvalue weighted by atomic mass is 35.5. The zero-order chi connectivity index (χ0) is 11.4. The summed E-state index contributed by atoms with van der Waals surface area (Å²) in [4.78, 5) is 35.3. The fourth-order valence-electron chi connectivity index (χ4n) is 0.828. The molecule has 0 saturated carbocycles. The zero-order valence-corrected chi connectivity index (χ0v) is 8.65. The third-order valence-corrected chi connectivity index (χ3v) is 1.47. The molecule has 0 atom stereocenters. The maximum Gasteiger partial charge on any atom is 0.394 e. The average molecular weight is 246 g/mol. The molecule has 7 nitrogen and oxygen atoms in total. The number of nitrogens with one attached hydrogen (secondary N) is 1. The Labute approximate surface area is 96.1 Å². The van der Waals surface area contributed by atoms with Crippen LogP contribution in [0.15, 0.2) is 18.5 Å². The van der Waals surface area contributed by atoms with Crippen LogP contribution in [0.1, 0.15) is 10.4 Å². The Kier molecular flexibility index (Phi) is 4.90. The van der Waals surface area contributed by atoms with Crippen molar-refractivity contribution < 1.29 is 19.5 Å². The third-order valence-electron chi connectivity index (χ3n) is 1.47. The van der Waals surface area contributed by atoms with E-state index in [1.807, 2.05) is 5.32 Å². The van der Waals surface area contributed by atoms with Gasteiger partial charge in [0, 0.05) is 6.20 Å². The molecule has 0 aliphatic carbocycles. The number of aliphatic carboxylic acids is 1. The van der Waals surface area contributed by atoms with Crippen molar-refractivity contribution in [3.05, 3.63) is 24.0 Å². The van der Waals surface area contributed by atoms with Gasteiger partial charge in [-0.05, 0) is 6.07 Å². The van der Waals surface area contributed by atoms with Crippen molar-refractivity contribution in [2.75, 3.05) is 5.32 Å². The predicted octanol–water partition coefficient (Wildman–Crippen LogP) is -0.375. The fraction of sp³-hybridized carbons (Fsp3) is 0. The molecule has 0 aromatic carbocycles. The van der Waals surface area contributed by atoms with Crippen molar-refractivity contribution in [3.63, 3.8) is 0 Å². The van der Waals surface area contributed by atoms with Gasteiger partial charge in [-0.2, -0.15) is 0 Å². The summed E-state index contributed by atoms with van der Waals surface area (Å²) in [5.74, 6) is -3.55. The number of primary amides is 1. The number of rotatable bonds is 2. The number of carbonyl (C=O) groups excluding carboxylic acids is 2. The van der Waals surface area contributed by atoms with Crippen molar-refractivity contribution in [3.8, 4) is 0 Å². The van der Waals surface area contributed by atoms with E-state index in [1.54, 1.807) is 0 Å². The molecular weight excluding hydrogens is 238 g/mol. The van der Waals surface area contributed by atoms with Crippen LogP contribution >= 0.6 is 12.4 Å². The van der Waals surface area contributed by atoms with Gasteiger partial charge < -0.3 is 16.2 Å². The van der Waals surface area contributed by atoms with E-state index in [0.717, 1.165) is 0 Å². The standard InChI is InChI=1S/C8H7N3O4.ClH/c9-6(12)4-1-5(3-10-2-4)11-7(13)8(14)15;/h1-3H,(H2,9,12)(H,11,13)(H,14,15);1H. The maximum atomic E-state index is 10.7. The number of pyridine rings is 1. The summed E-state index contributed by atoms with van der Waals surface area (Å²) in [6.07, 6.45) is 2.41. The van der Waals surface area contributed by atoms with Crippen LogP contribution in [0, 0.1) is 0 Å². The lowest BCUT2D eigenvalue weighted by atomic mass is 10.2. The summed E-state index contributed by atoms with van der Waals surface area (Å²) >= 11 is 0. The highest BCUT2D eigenvalue weighted by Crippen LogP contribution is 2.07. The summed E-state index contributed by atoms with van der Waals surface area (Å²) in [5.41, 5.74) is 5.14. The van der Waals surface area contributed by atoms with Gasteiger partial charge in [0.05, 0.1) is 17.4 Å². The predicted molar refractivity (Wildman–Crippen MR) is 56.3 cm³/mol. The lowest BCUT2D eigenvalue weighted by Crippen LogP contribution is -2.22. The first-order chi connectivity index (χ1) is 7.00. The van der Waals surface area contributed by atoms with Crippen LogP contribution in [0.25, 0.3) is 0 Å². The molecule has 0 fully saturated rings. The lowest BCUT2D eigenvalue weighted by molar-refractivity contribution is -0.147. The van der Waals surface area contributed by atoms with E-state index >= 15 is 0 Å². The van der Waals surface area contributed by atoms with Gasteiger partial charge >= 0.3 is 11.9 Å². The molecule has 8 heteroatoms. The van der Waals surface area contributed by atoms with Gasteiger partial charge in [0.25, 0.3) is 0 Å². The van der Waals surface area contributed by atoms with Crippen LogP contribution in [-0.2, 0) is 9.59 Å². The molecule has 86 valence electrons. The molecular formula is C8H8ClN3O4. The number of nitrogens with two attached hydrogens (primary N) is 1. The Morgan fingerprint density at radius 1 is 1.31 bits per heavy atom. The second-order valence-corrected chi connectivity index (χ2v) is 2.59. The summed E-state index contributed by atoms with van der Waals surface area (Å²) in [7, 11) is 0. The van der Waals surface area contributed by atoms with Crippen molar-refractivity contribution in [1.29, 1.82) is 0 Å². The minimum absolute atomic E-state index is 0. The number of hydrogen-bond donors (Lipinski definition) is 3. The number of carbonyl (C=O) groups is 3. The minimum Gasteiger partial charge on any atom is -0.474 e. The number of hydrogen-bond acceptors (Lipinski definition) is 4. The maximum absolute atomic E-state index is 10.7. The molecule has 4 N–H and O–H groups in total. The Bertz CT molecular complexity index is 435. The van der Waals surface area contributed by atoms with Crippen molar-refractivity contribution in [1.82, 2.24) is 4.98 Å². The number of carboxylic acids is 1. The highest BCUT2D eigenvalue weighted by Gasteiger charge is 2.11. The van der Waals surface area contributed by atoms with E-state index in [9.17, 15) is 14.4 Å². The molecule has 0 aliphatic heterocycles. The van der Waals surface area contributed by atoms with Crippen molar-refractivity contribution in [2.24, 2.45) is 5.73 Å². The topological polar surface area (TPSA) is 122 Å². The molecule has 1 aromatic heterocycles. The van der Waals surface area contributed by atoms with Crippen LogP contribution in [0.4, 0.5) is 5.69 Å². The monoisotopic (exact) mass is 245 g/mol. The molecule has 0 aliphatic rings. The Morgan fingerprint density at radius 2 is 1.94 bits per heavy atom. The molecule has 1 rings (SSSR count).